The number of unbranched alkanes of at least 4 members (excludes halogenated alkanes) is 17. The zero-order valence-corrected chi connectivity index (χ0v) is 30.1. The van der Waals surface area contributed by atoms with E-state index < -0.39 is 61.5 Å². The van der Waals surface area contributed by atoms with Gasteiger partial charge in [-0.05, 0) is 32.1 Å². The van der Waals surface area contributed by atoms with Crippen molar-refractivity contribution in [2.75, 3.05) is 13.2 Å². The first-order valence-corrected chi connectivity index (χ1v) is 19.2. The van der Waals surface area contributed by atoms with Gasteiger partial charge in [0.15, 0.2) is 6.29 Å². The Morgan fingerprint density at radius 1 is 0.708 bits per heavy atom. The van der Waals surface area contributed by atoms with E-state index in [0.29, 0.717) is 19.3 Å². The minimum Gasteiger partial charge on any atom is -0.394 e. The Morgan fingerprint density at radius 2 is 1.23 bits per heavy atom. The zero-order chi connectivity index (χ0) is 35.4. The molecule has 8 atom stereocenters. The number of carbonyl (C=O) groups excluding carboxylic acids is 1. The molecule has 0 aromatic rings. The molecule has 0 saturated carbocycles. The van der Waals surface area contributed by atoms with Gasteiger partial charge in [-0.3, -0.25) is 4.79 Å². The molecule has 1 aliphatic rings. The second-order valence-electron chi connectivity index (χ2n) is 13.5. The molecule has 1 amide bonds. The van der Waals surface area contributed by atoms with E-state index in [4.69, 9.17) is 9.47 Å². The highest BCUT2D eigenvalue weighted by molar-refractivity contribution is 5.80. The Balaban J connectivity index is 2.57. The van der Waals surface area contributed by atoms with Crippen molar-refractivity contribution in [1.82, 2.24) is 5.32 Å². The largest absolute Gasteiger partial charge is 0.394 e. The van der Waals surface area contributed by atoms with Crippen LogP contribution in [-0.4, -0.2) is 98.7 Å². The fourth-order valence-corrected chi connectivity index (χ4v) is 5.88. The lowest BCUT2D eigenvalue weighted by molar-refractivity contribution is -0.302. The number of aliphatic hydroxyl groups is 6. The third-order valence-electron chi connectivity index (χ3n) is 9.14. The smallest absolute Gasteiger partial charge is 0.249 e. The van der Waals surface area contributed by atoms with E-state index in [1.165, 1.54) is 83.5 Å². The number of ether oxygens (including phenoxy) is 2. The summed E-state index contributed by atoms with van der Waals surface area (Å²) in [5.41, 5.74) is 0. The molecule has 0 aromatic carbocycles. The molecule has 1 saturated heterocycles. The number of amides is 1. The van der Waals surface area contributed by atoms with Crippen LogP contribution in [-0.2, 0) is 14.3 Å². The van der Waals surface area contributed by atoms with Gasteiger partial charge in [-0.25, -0.2) is 0 Å². The Morgan fingerprint density at radius 3 is 1.81 bits per heavy atom. The molecular formula is C38H71NO9. The van der Waals surface area contributed by atoms with E-state index >= 15 is 0 Å². The van der Waals surface area contributed by atoms with Crippen LogP contribution >= 0.6 is 0 Å². The average molecular weight is 686 g/mol. The standard InChI is InChI=1S/C38H71NO9/c1-3-5-7-9-11-13-15-16-17-19-20-22-24-26-31(41)30(29-47-38-36(45)35(44)34(43)33(28-40)48-38)39-37(46)32(42)27-25-23-21-18-14-12-10-8-6-4-2/h17,19,24,26,30-36,38,40-45H,3-16,18,20-23,25,27-29H2,1-2H3,(H,39,46)/b19-17+,26-24+/t30-,31+,32-,33-,34-,35+,36-,38-/m1/s1. The molecule has 0 bridgehead atoms. The summed E-state index contributed by atoms with van der Waals surface area (Å²) in [4.78, 5) is 12.9. The number of rotatable bonds is 30. The third kappa shape index (κ3) is 20.3. The minimum absolute atomic E-state index is 0.305. The van der Waals surface area contributed by atoms with Gasteiger partial charge in [0.2, 0.25) is 5.91 Å². The highest BCUT2D eigenvalue weighted by atomic mass is 16.7. The first-order chi connectivity index (χ1) is 23.3. The first kappa shape index (κ1) is 44.7. The number of hydrogen-bond donors (Lipinski definition) is 7. The Kier molecular flexibility index (Phi) is 27.3. The fourth-order valence-electron chi connectivity index (χ4n) is 5.88. The highest BCUT2D eigenvalue weighted by Crippen LogP contribution is 2.22. The van der Waals surface area contributed by atoms with Crippen LogP contribution in [0.4, 0.5) is 0 Å². The number of carbonyl (C=O) groups is 1. The van der Waals surface area contributed by atoms with Crippen LogP contribution in [0.5, 0.6) is 0 Å². The molecule has 0 radical (unpaired) electrons. The van der Waals surface area contributed by atoms with Crippen LogP contribution in [0, 0.1) is 0 Å². The lowest BCUT2D eigenvalue weighted by Crippen LogP contribution is -2.60. The molecule has 0 unspecified atom stereocenters. The summed E-state index contributed by atoms with van der Waals surface area (Å²) in [5, 5.41) is 64.2. The van der Waals surface area contributed by atoms with Gasteiger partial charge in [0.05, 0.1) is 25.4 Å². The quantitative estimate of drug-likeness (QED) is 0.0389. The maximum Gasteiger partial charge on any atom is 0.249 e. The Bertz CT molecular complexity index is 824. The lowest BCUT2D eigenvalue weighted by Gasteiger charge is -2.40. The van der Waals surface area contributed by atoms with Crippen molar-refractivity contribution in [3.05, 3.63) is 24.3 Å². The number of allylic oxidation sites excluding steroid dienone is 3. The highest BCUT2D eigenvalue weighted by Gasteiger charge is 2.44. The molecule has 7 N–H and O–H groups in total. The van der Waals surface area contributed by atoms with E-state index in [1.807, 2.05) is 6.08 Å². The van der Waals surface area contributed by atoms with Crippen LogP contribution < -0.4 is 5.32 Å². The van der Waals surface area contributed by atoms with Gasteiger partial charge in [-0.1, -0.05) is 141 Å². The van der Waals surface area contributed by atoms with Crippen molar-refractivity contribution in [3.63, 3.8) is 0 Å². The summed E-state index contributed by atoms with van der Waals surface area (Å²) >= 11 is 0. The molecule has 1 fully saturated rings. The van der Waals surface area contributed by atoms with Crippen LogP contribution in [0.3, 0.4) is 0 Å². The summed E-state index contributed by atoms with van der Waals surface area (Å²) in [6.45, 7) is 3.52. The molecule has 1 rings (SSSR count). The van der Waals surface area contributed by atoms with Crippen LogP contribution in [0.25, 0.3) is 0 Å². The fraction of sp³-hybridized carbons (Fsp3) is 0.868. The molecule has 0 aliphatic carbocycles. The summed E-state index contributed by atoms with van der Waals surface area (Å²) in [6.07, 6.45) is 21.3. The Hall–Kier alpha value is -1.37. The molecule has 1 aliphatic heterocycles. The Labute approximate surface area is 291 Å². The van der Waals surface area contributed by atoms with Crippen molar-refractivity contribution >= 4 is 5.91 Å². The maximum atomic E-state index is 12.9. The summed E-state index contributed by atoms with van der Waals surface area (Å²) in [6, 6.07) is -0.989. The number of aliphatic hydroxyl groups excluding tert-OH is 6. The summed E-state index contributed by atoms with van der Waals surface area (Å²) in [7, 11) is 0. The lowest BCUT2D eigenvalue weighted by atomic mass is 9.99. The van der Waals surface area contributed by atoms with Gasteiger partial charge < -0.3 is 45.4 Å². The minimum atomic E-state index is -1.61. The van der Waals surface area contributed by atoms with Gasteiger partial charge in [-0.2, -0.15) is 0 Å². The molecule has 10 heteroatoms. The SMILES string of the molecule is CCCCCCCCC/C=C/CC/C=C/[C@H](O)[C@@H](CO[C@@H]1O[C@H](CO)[C@@H](O)[C@H](O)[C@H]1O)NC(=O)[C@H](O)CCCCCCCCCCCC. The van der Waals surface area contributed by atoms with Crippen LogP contribution in [0.2, 0.25) is 0 Å². The molecule has 282 valence electrons. The molecule has 48 heavy (non-hydrogen) atoms. The van der Waals surface area contributed by atoms with Crippen molar-refractivity contribution < 1.29 is 44.9 Å². The van der Waals surface area contributed by atoms with Crippen molar-refractivity contribution in [2.45, 2.75) is 198 Å². The van der Waals surface area contributed by atoms with E-state index in [2.05, 4.69) is 31.3 Å². The summed E-state index contributed by atoms with van der Waals surface area (Å²) < 4.78 is 11.1. The topological polar surface area (TPSA) is 169 Å². The molecule has 1 heterocycles. The van der Waals surface area contributed by atoms with E-state index in [0.717, 1.165) is 32.1 Å². The van der Waals surface area contributed by atoms with Gasteiger partial charge in [-0.15, -0.1) is 0 Å². The zero-order valence-electron chi connectivity index (χ0n) is 30.1. The molecule has 0 aromatic heterocycles. The van der Waals surface area contributed by atoms with Crippen molar-refractivity contribution in [1.29, 1.82) is 0 Å². The normalized spacial score (nSPS) is 23.5. The van der Waals surface area contributed by atoms with E-state index in [9.17, 15) is 35.4 Å². The van der Waals surface area contributed by atoms with Gasteiger partial charge >= 0.3 is 0 Å². The first-order valence-electron chi connectivity index (χ1n) is 19.2. The molecule has 0 spiro atoms. The third-order valence-corrected chi connectivity index (χ3v) is 9.14. The van der Waals surface area contributed by atoms with Gasteiger partial charge in [0.25, 0.3) is 0 Å². The molecular weight excluding hydrogens is 614 g/mol. The molecule has 10 nitrogen and oxygen atoms in total. The van der Waals surface area contributed by atoms with E-state index in [1.54, 1.807) is 6.08 Å². The van der Waals surface area contributed by atoms with Crippen molar-refractivity contribution in [2.24, 2.45) is 0 Å². The number of nitrogens with one attached hydrogen (secondary N) is 1. The monoisotopic (exact) mass is 686 g/mol. The predicted octanol–water partition coefficient (Wildman–Crippen LogP) is 5.35. The van der Waals surface area contributed by atoms with Gasteiger partial charge in [0, 0.05) is 0 Å². The van der Waals surface area contributed by atoms with Crippen molar-refractivity contribution in [3.8, 4) is 0 Å². The average Bonchev–Trinajstić information content (AvgIpc) is 3.08. The van der Waals surface area contributed by atoms with Crippen LogP contribution in [0.1, 0.15) is 149 Å². The summed E-state index contributed by atoms with van der Waals surface area (Å²) in [5.74, 6) is -0.630. The van der Waals surface area contributed by atoms with Crippen LogP contribution in [0.15, 0.2) is 24.3 Å². The van der Waals surface area contributed by atoms with E-state index in [-0.39, 0.29) is 6.61 Å². The number of hydrogen-bond acceptors (Lipinski definition) is 9. The second-order valence-corrected chi connectivity index (χ2v) is 13.5. The maximum absolute atomic E-state index is 12.9. The predicted molar refractivity (Wildman–Crippen MR) is 190 cm³/mol. The van der Waals surface area contributed by atoms with Gasteiger partial charge in [0.1, 0.15) is 30.5 Å². The second kappa shape index (κ2) is 29.4.